The summed E-state index contributed by atoms with van der Waals surface area (Å²) >= 11 is 0. The molecule has 4 saturated heterocycles. The molecule has 22 heteroatoms. The van der Waals surface area contributed by atoms with Gasteiger partial charge in [0.05, 0.1) is 45.2 Å². The lowest BCUT2D eigenvalue weighted by Gasteiger charge is -2.18. The Morgan fingerprint density at radius 3 is 1.47 bits per heavy atom. The van der Waals surface area contributed by atoms with Crippen molar-refractivity contribution in [2.45, 2.75) is 125 Å². The number of aliphatic carboxylic acids is 1. The van der Waals surface area contributed by atoms with Crippen LogP contribution in [0.15, 0.2) is 12.3 Å². The fourth-order valence-electron chi connectivity index (χ4n) is 4.59. The number of carboxylic acid groups (broad SMARTS) is 1. The van der Waals surface area contributed by atoms with E-state index in [9.17, 15) is 14.7 Å². The van der Waals surface area contributed by atoms with Gasteiger partial charge in [-0.2, -0.15) is 0 Å². The van der Waals surface area contributed by atoms with Crippen LogP contribution in [-0.2, 0) is 47.1 Å². The summed E-state index contributed by atoms with van der Waals surface area (Å²) in [6.45, 7) is 7.70. The molecule has 4 aliphatic heterocycles. The summed E-state index contributed by atoms with van der Waals surface area (Å²) in [5, 5.41) is 43.3. The molecule has 286 valence electrons. The number of rotatable bonds is 12. The van der Waals surface area contributed by atoms with E-state index in [1.807, 2.05) is 0 Å². The molecule has 0 aromatic carbocycles. The standard InChI is InChI=1S/C8H14BNO3.C8H14BO4P.C5H10BO3P.C5H9BO3.C3H6O2/c1-5(3-10)12-6-2-8(9)13-7(6)4-11;1-2-8(10)13-5-3-7(9)12-6(5)4-11-14;6-5-1-3(7)4(9-5)2-8-10;6-5-1-3(8)4(2-7)9-5;1-2-3(4)5/h6-8,11H,1-4,10H2;5-7H,2-4,14H2,1H3;3-5,7H,1-2,10H2;3-5,7-8H,1-2H2;2H2,1H3,(H,4,5)/t6-,7-,8-;5-,6-,7-;2*3-,4-,5-;/m0000./s1. The molecule has 14 atom stereocenters. The van der Waals surface area contributed by atoms with E-state index >= 15 is 0 Å². The molecule has 4 aliphatic rings. The molecule has 0 amide bonds. The van der Waals surface area contributed by atoms with Gasteiger partial charge in [0.15, 0.2) is 0 Å². The Balaban J connectivity index is 0.000000633. The van der Waals surface area contributed by atoms with Crippen molar-refractivity contribution in [1.29, 1.82) is 0 Å². The van der Waals surface area contributed by atoms with Crippen molar-refractivity contribution in [3.63, 3.8) is 0 Å². The molecule has 4 rings (SSSR count). The lowest BCUT2D eigenvalue weighted by Crippen LogP contribution is -2.30. The summed E-state index contributed by atoms with van der Waals surface area (Å²) in [7, 11) is 26.1. The van der Waals surface area contributed by atoms with Crippen LogP contribution in [0.25, 0.3) is 0 Å². The van der Waals surface area contributed by atoms with Crippen molar-refractivity contribution in [2.75, 3.05) is 33.0 Å². The Kier molecular flexibility index (Phi) is 28.1. The van der Waals surface area contributed by atoms with E-state index in [2.05, 4.69) is 25.5 Å². The second-order valence-electron chi connectivity index (χ2n) is 11.5. The van der Waals surface area contributed by atoms with Crippen LogP contribution >= 0.6 is 18.9 Å². The predicted molar refractivity (Wildman–Crippen MR) is 195 cm³/mol. The topological polar surface area (TPSA) is 235 Å². The molecule has 51 heavy (non-hydrogen) atoms. The highest BCUT2D eigenvalue weighted by atomic mass is 31.0. The van der Waals surface area contributed by atoms with Gasteiger partial charge in [0.2, 0.25) is 0 Å². The average Bonchev–Trinajstić information content (AvgIpc) is 3.82. The smallest absolute Gasteiger partial charge is 0.305 e. The molecule has 0 aromatic heterocycles. The zero-order chi connectivity index (χ0) is 39.1. The van der Waals surface area contributed by atoms with E-state index in [-0.39, 0.29) is 80.7 Å². The predicted octanol–water partition coefficient (Wildman–Crippen LogP) is -1.94. The number of carbonyl (C=O) groups excluding carboxylic acids is 1. The van der Waals surface area contributed by atoms with Crippen LogP contribution in [0.5, 0.6) is 0 Å². The van der Waals surface area contributed by atoms with Crippen LogP contribution in [-0.4, -0.2) is 175 Å². The highest BCUT2D eigenvalue weighted by Crippen LogP contribution is 2.24. The van der Waals surface area contributed by atoms with E-state index < -0.39 is 30.3 Å². The van der Waals surface area contributed by atoms with Crippen LogP contribution in [0.2, 0.25) is 0 Å². The normalized spacial score (nSPS) is 33.5. The largest absolute Gasteiger partial charge is 0.491 e. The molecule has 0 saturated carbocycles. The Bertz CT molecular complexity index is 972. The first-order valence-electron chi connectivity index (χ1n) is 16.4. The molecule has 0 aromatic rings. The molecule has 0 bridgehead atoms. The first-order chi connectivity index (χ1) is 24.1. The number of esters is 1. The number of hydrogen-bond donors (Lipinski definition) is 6. The highest BCUT2D eigenvalue weighted by molar-refractivity contribution is 7.10. The minimum Gasteiger partial charge on any atom is -0.491 e. The van der Waals surface area contributed by atoms with Gasteiger partial charge >= 0.3 is 11.9 Å². The Morgan fingerprint density at radius 1 is 0.725 bits per heavy atom. The number of nitrogens with two attached hydrogens (primary N) is 1. The van der Waals surface area contributed by atoms with Gasteiger partial charge in [0, 0.05) is 68.6 Å². The molecule has 0 spiro atoms. The zero-order valence-electron chi connectivity index (χ0n) is 29.3. The van der Waals surface area contributed by atoms with Crippen molar-refractivity contribution < 1.29 is 72.6 Å². The Hall–Kier alpha value is -0.840. The maximum absolute atomic E-state index is 11.1. The van der Waals surface area contributed by atoms with Gasteiger partial charge in [-0.3, -0.25) is 9.59 Å². The van der Waals surface area contributed by atoms with Crippen LogP contribution in [0.3, 0.4) is 0 Å². The Labute approximate surface area is 310 Å². The van der Waals surface area contributed by atoms with Gasteiger partial charge in [-0.1, -0.05) is 20.4 Å². The molecule has 4 fully saturated rings. The summed E-state index contributed by atoms with van der Waals surface area (Å²) in [5.41, 5.74) is 5.31. The van der Waals surface area contributed by atoms with Crippen molar-refractivity contribution in [1.82, 2.24) is 0 Å². The first kappa shape index (κ1) is 50.2. The van der Waals surface area contributed by atoms with E-state index in [0.717, 1.165) is 0 Å². The lowest BCUT2D eigenvalue weighted by molar-refractivity contribution is -0.152. The third kappa shape index (κ3) is 21.6. The fraction of sp³-hybridized carbons (Fsp3) is 0.862. The minimum atomic E-state index is -0.745. The van der Waals surface area contributed by atoms with Gasteiger partial charge in [-0.15, -0.1) is 0 Å². The number of aliphatic hydroxyl groups excluding tert-OH is 4. The maximum atomic E-state index is 11.1. The van der Waals surface area contributed by atoms with Gasteiger partial charge in [-0.25, -0.2) is 0 Å². The fourth-order valence-corrected chi connectivity index (χ4v) is 4.97. The van der Waals surface area contributed by atoms with E-state index in [1.54, 1.807) is 13.8 Å². The minimum absolute atomic E-state index is 0.101. The summed E-state index contributed by atoms with van der Waals surface area (Å²) in [4.78, 5) is 20.4. The summed E-state index contributed by atoms with van der Waals surface area (Å²) in [6, 6.07) is -1.47. The molecule has 8 radical (unpaired) electrons. The molecular formula is C29H53B4NO15P2. The number of carbonyl (C=O) groups is 2. The highest BCUT2D eigenvalue weighted by Gasteiger charge is 2.36. The summed E-state index contributed by atoms with van der Waals surface area (Å²) in [5.74, 6) is -0.493. The molecular weight excluding hydrogens is 708 g/mol. The third-order valence-corrected chi connectivity index (χ3v) is 7.65. The quantitative estimate of drug-likeness (QED) is 0.0550. The molecule has 16 nitrogen and oxygen atoms in total. The average molecular weight is 761 g/mol. The molecule has 2 unspecified atom stereocenters. The van der Waals surface area contributed by atoms with Gasteiger partial charge < -0.3 is 68.7 Å². The van der Waals surface area contributed by atoms with E-state index in [4.69, 9.17) is 95.0 Å². The summed E-state index contributed by atoms with van der Waals surface area (Å²) in [6.07, 6.45) is -0.322. The van der Waals surface area contributed by atoms with Crippen molar-refractivity contribution >= 4 is 62.3 Å². The molecule has 0 aliphatic carbocycles. The number of aliphatic hydroxyl groups is 4. The van der Waals surface area contributed by atoms with Crippen molar-refractivity contribution in [3.8, 4) is 0 Å². The van der Waals surface area contributed by atoms with Gasteiger partial charge in [-0.05, 0) is 12.8 Å². The van der Waals surface area contributed by atoms with Crippen LogP contribution in [0, 0.1) is 0 Å². The van der Waals surface area contributed by atoms with Crippen molar-refractivity contribution in [3.05, 3.63) is 12.3 Å². The zero-order valence-corrected chi connectivity index (χ0v) is 31.6. The monoisotopic (exact) mass is 761 g/mol. The second-order valence-corrected chi connectivity index (χ2v) is 12.2. The van der Waals surface area contributed by atoms with Crippen LogP contribution in [0.4, 0.5) is 0 Å². The van der Waals surface area contributed by atoms with Gasteiger partial charge in [0.1, 0.15) is 73.8 Å². The van der Waals surface area contributed by atoms with Crippen LogP contribution in [0.1, 0.15) is 52.4 Å². The van der Waals surface area contributed by atoms with Crippen LogP contribution < -0.4 is 5.73 Å². The number of ether oxygens (including phenoxy) is 6. The first-order valence-corrected chi connectivity index (χ1v) is 17.3. The van der Waals surface area contributed by atoms with E-state index in [0.29, 0.717) is 51.1 Å². The SMILES string of the molecule is CCC(=O)O.[B][C@@H]1C[C@H](O)[C@H](CO)O1.[B][C@@H]1C[C@H](O)[C@H](COP)O1.[B][C@@H]1C[C@H](OC(=C)CN)[C@H](CO)O1.[B][C@@H]1C[C@H](OC(=O)CC)[C@H](COP)O1. The lowest BCUT2D eigenvalue weighted by atomic mass is 9.96. The van der Waals surface area contributed by atoms with Crippen molar-refractivity contribution in [2.24, 2.45) is 5.73 Å². The number of hydrogen-bond acceptors (Lipinski definition) is 15. The maximum Gasteiger partial charge on any atom is 0.305 e. The Morgan fingerprint density at radius 2 is 1.12 bits per heavy atom. The molecule has 4 heterocycles. The summed E-state index contributed by atoms with van der Waals surface area (Å²) < 4.78 is 40.6. The van der Waals surface area contributed by atoms with E-state index in [1.165, 1.54) is 0 Å². The second kappa shape index (κ2) is 28.6. The number of carboxylic acids is 1. The van der Waals surface area contributed by atoms with Gasteiger partial charge in [0.25, 0.3) is 0 Å². The molecule has 7 N–H and O–H groups in total. The third-order valence-electron chi connectivity index (χ3n) is 7.26.